The Morgan fingerprint density at radius 2 is 2.18 bits per heavy atom. The average molecular weight is 249 g/mol. The van der Waals surface area contributed by atoms with E-state index in [2.05, 4.69) is 29.4 Å². The molecule has 0 unspecified atom stereocenters. The number of benzene rings is 1. The monoisotopic (exact) mass is 249 g/mol. The Bertz CT molecular complexity index is 496. The maximum atomic E-state index is 9.40. The van der Waals surface area contributed by atoms with E-state index in [9.17, 15) is 5.11 Å². The smallest absolute Gasteiger partial charge is 0.147 e. The second-order valence-electron chi connectivity index (χ2n) is 4.09. The summed E-state index contributed by atoms with van der Waals surface area (Å²) in [6.07, 6.45) is 0. The van der Waals surface area contributed by atoms with Crippen LogP contribution in [0.5, 0.6) is 5.75 Å². The van der Waals surface area contributed by atoms with Crippen LogP contribution >= 0.6 is 11.3 Å². The lowest BCUT2D eigenvalue weighted by Crippen LogP contribution is -2.21. The van der Waals surface area contributed by atoms with Crippen LogP contribution in [0.1, 0.15) is 18.9 Å². The molecule has 0 aliphatic heterocycles. The number of nitrogens with one attached hydrogen (secondary N) is 1. The third kappa shape index (κ3) is 3.25. The van der Waals surface area contributed by atoms with Crippen molar-refractivity contribution in [2.75, 3.05) is 0 Å². The van der Waals surface area contributed by atoms with Crippen LogP contribution in [0, 0.1) is 0 Å². The van der Waals surface area contributed by atoms with Gasteiger partial charge in [0.05, 0.1) is 0 Å². The molecule has 0 spiro atoms. The molecule has 0 bridgehead atoms. The molecule has 0 fully saturated rings. The van der Waals surface area contributed by atoms with Gasteiger partial charge in [0.2, 0.25) is 0 Å². The Hall–Kier alpha value is -1.46. The molecular formula is C12H15N3OS. The van der Waals surface area contributed by atoms with Crippen molar-refractivity contribution < 1.29 is 5.11 Å². The Morgan fingerprint density at radius 3 is 2.88 bits per heavy atom. The molecule has 1 heterocycles. The van der Waals surface area contributed by atoms with E-state index in [0.717, 1.165) is 22.1 Å². The van der Waals surface area contributed by atoms with Gasteiger partial charge >= 0.3 is 0 Å². The molecule has 0 atom stereocenters. The summed E-state index contributed by atoms with van der Waals surface area (Å²) in [6, 6.07) is 7.49. The van der Waals surface area contributed by atoms with Crippen molar-refractivity contribution >= 4 is 11.3 Å². The third-order valence-electron chi connectivity index (χ3n) is 2.22. The number of phenols is 1. The highest BCUT2D eigenvalue weighted by Gasteiger charge is 2.07. The van der Waals surface area contributed by atoms with Gasteiger partial charge in [-0.05, 0) is 12.1 Å². The number of phenolic OH excluding ortho intramolecular Hbond substituents is 1. The summed E-state index contributed by atoms with van der Waals surface area (Å²) < 4.78 is 0. The summed E-state index contributed by atoms with van der Waals surface area (Å²) in [7, 11) is 0. The Kier molecular flexibility index (Phi) is 3.71. The molecule has 4 nitrogen and oxygen atoms in total. The zero-order valence-electron chi connectivity index (χ0n) is 9.84. The zero-order chi connectivity index (χ0) is 12.3. The van der Waals surface area contributed by atoms with E-state index in [0.29, 0.717) is 6.04 Å². The quantitative estimate of drug-likeness (QED) is 0.873. The molecule has 0 amide bonds. The average Bonchev–Trinajstić information content (AvgIpc) is 2.75. The number of hydrogen-bond donors (Lipinski definition) is 2. The SMILES string of the molecule is CC(C)NCc1nnc(-c2cccc(O)c2)s1. The van der Waals surface area contributed by atoms with Gasteiger partial charge in [0.1, 0.15) is 15.8 Å². The number of aromatic hydroxyl groups is 1. The highest BCUT2D eigenvalue weighted by atomic mass is 32.1. The third-order valence-corrected chi connectivity index (χ3v) is 3.19. The van der Waals surface area contributed by atoms with E-state index in [4.69, 9.17) is 0 Å². The van der Waals surface area contributed by atoms with Gasteiger partial charge in [-0.1, -0.05) is 37.3 Å². The first-order chi connectivity index (χ1) is 8.15. The highest BCUT2D eigenvalue weighted by molar-refractivity contribution is 7.14. The summed E-state index contributed by atoms with van der Waals surface area (Å²) in [6.45, 7) is 4.92. The molecule has 0 saturated carbocycles. The van der Waals surface area contributed by atoms with Gasteiger partial charge in [-0.15, -0.1) is 10.2 Å². The van der Waals surface area contributed by atoms with Gasteiger partial charge in [-0.2, -0.15) is 0 Å². The van der Waals surface area contributed by atoms with Crippen molar-refractivity contribution in [1.82, 2.24) is 15.5 Å². The van der Waals surface area contributed by atoms with E-state index in [1.807, 2.05) is 6.07 Å². The summed E-state index contributed by atoms with van der Waals surface area (Å²) in [5.74, 6) is 0.250. The van der Waals surface area contributed by atoms with Crippen molar-refractivity contribution in [2.24, 2.45) is 0 Å². The first-order valence-electron chi connectivity index (χ1n) is 5.50. The predicted octanol–water partition coefficient (Wildman–Crippen LogP) is 2.41. The minimum Gasteiger partial charge on any atom is -0.508 e. The lowest BCUT2D eigenvalue weighted by atomic mass is 10.2. The van der Waals surface area contributed by atoms with Crippen LogP contribution in [0.15, 0.2) is 24.3 Å². The molecule has 1 aromatic carbocycles. The Balaban J connectivity index is 2.12. The van der Waals surface area contributed by atoms with Gasteiger partial charge in [-0.25, -0.2) is 0 Å². The van der Waals surface area contributed by atoms with Gasteiger partial charge in [0.15, 0.2) is 0 Å². The zero-order valence-corrected chi connectivity index (χ0v) is 10.7. The van der Waals surface area contributed by atoms with Crippen LogP contribution in [-0.2, 0) is 6.54 Å². The fourth-order valence-corrected chi connectivity index (χ4v) is 2.16. The summed E-state index contributed by atoms with van der Waals surface area (Å²) in [5.41, 5.74) is 0.901. The van der Waals surface area contributed by atoms with Gasteiger partial charge < -0.3 is 10.4 Å². The molecule has 5 heteroatoms. The van der Waals surface area contributed by atoms with Gasteiger partial charge in [-0.3, -0.25) is 0 Å². The van der Waals surface area contributed by atoms with Crippen molar-refractivity contribution in [2.45, 2.75) is 26.4 Å². The second-order valence-corrected chi connectivity index (χ2v) is 5.15. The van der Waals surface area contributed by atoms with Crippen molar-refractivity contribution in [3.63, 3.8) is 0 Å². The minimum absolute atomic E-state index is 0.250. The molecule has 90 valence electrons. The van der Waals surface area contributed by atoms with Crippen LogP contribution < -0.4 is 5.32 Å². The van der Waals surface area contributed by atoms with Gasteiger partial charge in [0.25, 0.3) is 0 Å². The van der Waals surface area contributed by atoms with Crippen LogP contribution in [0.3, 0.4) is 0 Å². The van der Waals surface area contributed by atoms with E-state index in [1.54, 1.807) is 29.5 Å². The number of aromatic nitrogens is 2. The Labute approximate surface area is 104 Å². The molecule has 0 aliphatic carbocycles. The van der Waals surface area contributed by atoms with E-state index in [1.165, 1.54) is 0 Å². The van der Waals surface area contributed by atoms with Crippen LogP contribution in [0.25, 0.3) is 10.6 Å². The molecule has 0 aliphatic rings. The van der Waals surface area contributed by atoms with Crippen LogP contribution in [0.2, 0.25) is 0 Å². The fraction of sp³-hybridized carbons (Fsp3) is 0.333. The highest BCUT2D eigenvalue weighted by Crippen LogP contribution is 2.26. The maximum absolute atomic E-state index is 9.40. The number of rotatable bonds is 4. The minimum atomic E-state index is 0.250. The first-order valence-corrected chi connectivity index (χ1v) is 6.32. The van der Waals surface area contributed by atoms with Crippen LogP contribution in [0.4, 0.5) is 0 Å². The molecular weight excluding hydrogens is 234 g/mol. The maximum Gasteiger partial charge on any atom is 0.147 e. The second kappa shape index (κ2) is 5.25. The molecule has 0 radical (unpaired) electrons. The predicted molar refractivity (Wildman–Crippen MR) is 69.0 cm³/mol. The number of nitrogens with zero attached hydrogens (tertiary/aromatic N) is 2. The summed E-state index contributed by atoms with van der Waals surface area (Å²) in [5, 5.41) is 22.7. The summed E-state index contributed by atoms with van der Waals surface area (Å²) >= 11 is 1.54. The van der Waals surface area contributed by atoms with E-state index >= 15 is 0 Å². The van der Waals surface area contributed by atoms with Crippen molar-refractivity contribution in [1.29, 1.82) is 0 Å². The molecule has 2 N–H and O–H groups in total. The normalized spacial score (nSPS) is 11.0. The summed E-state index contributed by atoms with van der Waals surface area (Å²) in [4.78, 5) is 0. The molecule has 2 aromatic rings. The lowest BCUT2D eigenvalue weighted by Gasteiger charge is -2.03. The lowest BCUT2D eigenvalue weighted by molar-refractivity contribution is 0.475. The molecule has 2 rings (SSSR count). The van der Waals surface area contributed by atoms with Gasteiger partial charge in [0, 0.05) is 18.2 Å². The topological polar surface area (TPSA) is 58.0 Å². The fourth-order valence-electron chi connectivity index (χ4n) is 1.37. The van der Waals surface area contributed by atoms with Crippen molar-refractivity contribution in [3.8, 4) is 16.3 Å². The molecule has 17 heavy (non-hydrogen) atoms. The number of hydrogen-bond acceptors (Lipinski definition) is 5. The molecule has 1 aromatic heterocycles. The Morgan fingerprint density at radius 1 is 1.35 bits per heavy atom. The standard InChI is InChI=1S/C12H15N3OS/c1-8(2)13-7-11-14-15-12(17-11)9-4-3-5-10(16)6-9/h3-6,8,13,16H,7H2,1-2H3. The molecule has 0 saturated heterocycles. The van der Waals surface area contributed by atoms with E-state index in [-0.39, 0.29) is 5.75 Å². The van der Waals surface area contributed by atoms with Crippen molar-refractivity contribution in [3.05, 3.63) is 29.3 Å². The largest absolute Gasteiger partial charge is 0.508 e. The first kappa shape index (κ1) is 12.0. The van der Waals surface area contributed by atoms with E-state index < -0.39 is 0 Å². The van der Waals surface area contributed by atoms with Crippen LogP contribution in [-0.4, -0.2) is 21.3 Å².